The van der Waals surface area contributed by atoms with Gasteiger partial charge in [-0.1, -0.05) is 13.3 Å². The lowest BCUT2D eigenvalue weighted by atomic mass is 9.93. The van der Waals surface area contributed by atoms with Crippen molar-refractivity contribution in [3.05, 3.63) is 0 Å². The largest absolute Gasteiger partial charge is 0.342 e. The van der Waals surface area contributed by atoms with Crippen LogP contribution in [0, 0.1) is 11.8 Å². The fraction of sp³-hybridized carbons (Fsp3) is 0.923. The van der Waals surface area contributed by atoms with Gasteiger partial charge in [-0.15, -0.1) is 0 Å². The first-order valence-corrected chi connectivity index (χ1v) is 7.88. The average Bonchev–Trinajstić information content (AvgIpc) is 2.88. The van der Waals surface area contributed by atoms with Gasteiger partial charge in [-0.25, -0.2) is 9.68 Å². The monoisotopic (exact) mass is 335 g/mol. The normalized spacial score (nSPS) is 29.7. The van der Waals surface area contributed by atoms with Gasteiger partial charge < -0.3 is 4.90 Å². The summed E-state index contributed by atoms with van der Waals surface area (Å²) in [5, 5.41) is 34.2. The number of amides is 1. The maximum atomic E-state index is 12.6. The summed E-state index contributed by atoms with van der Waals surface area (Å²) in [6, 6.07) is 0. The molecule has 2 rings (SSSR count). The first-order chi connectivity index (χ1) is 10.9. The molecule has 0 bridgehead atoms. The van der Waals surface area contributed by atoms with Crippen LogP contribution >= 0.6 is 0 Å². The van der Waals surface area contributed by atoms with Crippen LogP contribution in [-0.4, -0.2) is 67.7 Å². The number of piperidine rings is 1. The van der Waals surface area contributed by atoms with Crippen LogP contribution < -0.4 is 0 Å². The highest BCUT2D eigenvalue weighted by molar-refractivity contribution is 5.79. The summed E-state index contributed by atoms with van der Waals surface area (Å²) in [6.07, 6.45) is 1.71. The van der Waals surface area contributed by atoms with Gasteiger partial charge in [0.25, 0.3) is 0 Å². The van der Waals surface area contributed by atoms with Gasteiger partial charge in [0.15, 0.2) is 0 Å². The molecule has 0 aromatic heterocycles. The molecule has 0 aromatic carbocycles. The maximum Gasteiger partial charge on any atom is 0.225 e. The van der Waals surface area contributed by atoms with Crippen LogP contribution in [0.2, 0.25) is 0 Å². The van der Waals surface area contributed by atoms with Crippen LogP contribution in [0.3, 0.4) is 0 Å². The summed E-state index contributed by atoms with van der Waals surface area (Å²) in [7, 11) is 0. The molecule has 1 amide bonds. The van der Waals surface area contributed by atoms with Gasteiger partial charge in [0.2, 0.25) is 5.91 Å². The highest BCUT2D eigenvalue weighted by Gasteiger charge is 2.43. The second-order valence-corrected chi connectivity index (χ2v) is 6.14. The van der Waals surface area contributed by atoms with Gasteiger partial charge in [-0.05, 0) is 31.6 Å². The van der Waals surface area contributed by atoms with E-state index in [1.54, 1.807) is 0 Å². The van der Waals surface area contributed by atoms with Crippen molar-refractivity contribution in [3.63, 3.8) is 0 Å². The van der Waals surface area contributed by atoms with E-state index in [9.17, 15) is 4.79 Å². The lowest BCUT2D eigenvalue weighted by Gasteiger charge is -2.33. The molecule has 0 radical (unpaired) electrons. The van der Waals surface area contributed by atoms with Crippen LogP contribution in [-0.2, 0) is 14.5 Å². The van der Waals surface area contributed by atoms with Crippen molar-refractivity contribution in [1.29, 1.82) is 0 Å². The molecule has 1 aliphatic heterocycles. The molecule has 134 valence electrons. The van der Waals surface area contributed by atoms with Crippen molar-refractivity contribution in [2.75, 3.05) is 13.1 Å². The number of likely N-dealkylation sites (tertiary alicyclic amines) is 1. The van der Waals surface area contributed by atoms with Gasteiger partial charge in [0, 0.05) is 19.0 Å². The Morgan fingerprint density at radius 1 is 1.04 bits per heavy atom. The molecule has 1 aliphatic carbocycles. The number of hydrogen-bond donors (Lipinski definition) is 4. The maximum absolute atomic E-state index is 12.6. The van der Waals surface area contributed by atoms with Gasteiger partial charge in [-0.2, -0.15) is 0 Å². The number of carbonyl (C=O) groups excluding carboxylic acids is 1. The SMILES string of the molecule is CCC1CCN(C(=O)C2C[C@H](ON(O)O)[C@H](ON(O)O)C2)CC1. The van der Waals surface area contributed by atoms with Crippen LogP contribution in [0.1, 0.15) is 39.0 Å². The zero-order chi connectivity index (χ0) is 17.0. The Hall–Kier alpha value is -0.850. The Labute approximate surface area is 134 Å². The van der Waals surface area contributed by atoms with Crippen molar-refractivity contribution in [2.24, 2.45) is 11.8 Å². The minimum atomic E-state index is -0.881. The number of rotatable bonds is 6. The van der Waals surface area contributed by atoms with E-state index in [1.807, 2.05) is 4.90 Å². The molecular weight excluding hydrogens is 310 g/mol. The van der Waals surface area contributed by atoms with Gasteiger partial charge in [0.05, 0.1) is 10.8 Å². The molecule has 1 saturated heterocycles. The van der Waals surface area contributed by atoms with Crippen molar-refractivity contribution in [1.82, 2.24) is 15.7 Å². The van der Waals surface area contributed by atoms with E-state index in [0.717, 1.165) is 19.3 Å². The minimum absolute atomic E-state index is 0.0379. The van der Waals surface area contributed by atoms with E-state index >= 15 is 0 Å². The Bertz CT molecular complexity index is 370. The zero-order valence-electron chi connectivity index (χ0n) is 13.1. The van der Waals surface area contributed by atoms with Crippen LogP contribution in [0.5, 0.6) is 0 Å². The third-order valence-electron chi connectivity index (χ3n) is 4.76. The molecule has 23 heavy (non-hydrogen) atoms. The van der Waals surface area contributed by atoms with E-state index in [2.05, 4.69) is 6.92 Å². The third kappa shape index (κ3) is 5.06. The number of hydrogen-bond acceptors (Lipinski definition) is 9. The van der Waals surface area contributed by atoms with E-state index in [4.69, 9.17) is 30.5 Å². The molecule has 1 unspecified atom stereocenters. The molecule has 3 atom stereocenters. The Balaban J connectivity index is 1.93. The van der Waals surface area contributed by atoms with E-state index in [-0.39, 0.29) is 18.7 Å². The smallest absolute Gasteiger partial charge is 0.225 e. The second-order valence-electron chi connectivity index (χ2n) is 6.14. The van der Waals surface area contributed by atoms with Gasteiger partial charge in [0.1, 0.15) is 12.2 Å². The third-order valence-corrected chi connectivity index (χ3v) is 4.76. The van der Waals surface area contributed by atoms with Crippen molar-refractivity contribution in [3.8, 4) is 0 Å². The van der Waals surface area contributed by atoms with Crippen LogP contribution in [0.4, 0.5) is 0 Å². The Morgan fingerprint density at radius 3 is 1.91 bits per heavy atom. The molecule has 4 N–H and O–H groups in total. The van der Waals surface area contributed by atoms with E-state index in [1.165, 1.54) is 0 Å². The molecular formula is C13H25N3O7. The van der Waals surface area contributed by atoms with Crippen molar-refractivity contribution < 1.29 is 35.3 Å². The lowest BCUT2D eigenvalue weighted by Crippen LogP contribution is -2.41. The van der Waals surface area contributed by atoms with Gasteiger partial charge >= 0.3 is 0 Å². The molecule has 2 aliphatic rings. The molecule has 10 nitrogen and oxygen atoms in total. The first kappa shape index (κ1) is 18.5. The topological polar surface area (TPSA) is 126 Å². The Morgan fingerprint density at radius 2 is 1.52 bits per heavy atom. The quantitative estimate of drug-likeness (QED) is 0.521. The summed E-state index contributed by atoms with van der Waals surface area (Å²) in [5.41, 5.74) is 0. The zero-order valence-corrected chi connectivity index (χ0v) is 13.1. The molecule has 0 spiro atoms. The van der Waals surface area contributed by atoms with Gasteiger partial charge in [-0.3, -0.25) is 25.6 Å². The molecule has 10 heteroatoms. The average molecular weight is 335 g/mol. The molecule has 0 aromatic rings. The summed E-state index contributed by atoms with van der Waals surface area (Å²) in [4.78, 5) is 23.9. The van der Waals surface area contributed by atoms with Crippen LogP contribution in [0.15, 0.2) is 0 Å². The fourth-order valence-electron chi connectivity index (χ4n) is 3.45. The summed E-state index contributed by atoms with van der Waals surface area (Å²) < 4.78 is 0. The lowest BCUT2D eigenvalue weighted by molar-refractivity contribution is -0.535. The van der Waals surface area contributed by atoms with Crippen molar-refractivity contribution in [2.45, 2.75) is 51.2 Å². The first-order valence-electron chi connectivity index (χ1n) is 7.88. The summed E-state index contributed by atoms with van der Waals surface area (Å²) in [6.45, 7) is 3.57. The standard InChI is InChI=1S/C13H25N3O7/c1-2-9-3-5-14(6-4-9)13(17)10-7-11(22-15(18)19)12(8-10)23-16(20)21/h9-12,18-21H,2-8H2,1H3/t10?,11-,12+. The second kappa shape index (κ2) is 8.31. The predicted molar refractivity (Wildman–Crippen MR) is 72.9 cm³/mol. The highest BCUT2D eigenvalue weighted by atomic mass is 17.1. The highest BCUT2D eigenvalue weighted by Crippen LogP contribution is 2.33. The Kier molecular flexibility index (Phi) is 6.68. The molecule has 1 saturated carbocycles. The summed E-state index contributed by atoms with van der Waals surface area (Å²) >= 11 is 0. The van der Waals surface area contributed by atoms with Crippen molar-refractivity contribution >= 4 is 5.91 Å². The molecule has 1 heterocycles. The van der Waals surface area contributed by atoms with E-state index < -0.39 is 28.9 Å². The predicted octanol–water partition coefficient (Wildman–Crippen LogP) is 0.806. The molecule has 2 fully saturated rings. The summed E-state index contributed by atoms with van der Waals surface area (Å²) in [5.74, 6) is 0.191. The fourth-order valence-corrected chi connectivity index (χ4v) is 3.45. The van der Waals surface area contributed by atoms with Crippen LogP contribution in [0.25, 0.3) is 0 Å². The minimum Gasteiger partial charge on any atom is -0.342 e. The number of nitrogens with zero attached hydrogens (tertiary/aromatic N) is 3. The van der Waals surface area contributed by atoms with E-state index in [0.29, 0.717) is 19.0 Å². The number of carbonyl (C=O) groups is 1.